The Morgan fingerprint density at radius 3 is 2.89 bits per heavy atom. The molecule has 0 aromatic carbocycles. The zero-order valence-electron chi connectivity index (χ0n) is 10.6. The first-order valence-electron chi connectivity index (χ1n) is 6.59. The van der Waals surface area contributed by atoms with Gasteiger partial charge in [-0.1, -0.05) is 0 Å². The molecule has 0 radical (unpaired) electrons. The van der Waals surface area contributed by atoms with Gasteiger partial charge in [-0.3, -0.25) is 9.89 Å². The van der Waals surface area contributed by atoms with Gasteiger partial charge in [0.15, 0.2) is 4.77 Å². The molecule has 1 aromatic heterocycles. The summed E-state index contributed by atoms with van der Waals surface area (Å²) in [4.78, 5) is 13.4. The highest BCUT2D eigenvalue weighted by Gasteiger charge is 2.32. The van der Waals surface area contributed by atoms with Crippen LogP contribution in [0.25, 0.3) is 0 Å². The standard InChI is InChI=1S/C12H18N4OS/c1-8(17)15-6-2-3-9(7-15)11-13-14-12(18)16(11)10-4-5-10/h9-10H,2-7H2,1H3,(H,14,18). The van der Waals surface area contributed by atoms with Crippen LogP contribution >= 0.6 is 12.2 Å². The lowest BCUT2D eigenvalue weighted by molar-refractivity contribution is -0.130. The summed E-state index contributed by atoms with van der Waals surface area (Å²) < 4.78 is 2.90. The van der Waals surface area contributed by atoms with Crippen molar-refractivity contribution in [3.05, 3.63) is 10.6 Å². The predicted octanol–water partition coefficient (Wildman–Crippen LogP) is 2.00. The molecule has 1 N–H and O–H groups in total. The van der Waals surface area contributed by atoms with E-state index in [9.17, 15) is 4.79 Å². The van der Waals surface area contributed by atoms with Gasteiger partial charge in [-0.05, 0) is 37.9 Å². The molecule has 2 aliphatic rings. The number of carbonyl (C=O) groups is 1. The summed E-state index contributed by atoms with van der Waals surface area (Å²) in [5, 5.41) is 7.31. The van der Waals surface area contributed by atoms with Gasteiger partial charge in [-0.2, -0.15) is 5.10 Å². The predicted molar refractivity (Wildman–Crippen MR) is 69.9 cm³/mol. The maximum atomic E-state index is 11.5. The van der Waals surface area contributed by atoms with Crippen molar-refractivity contribution in [2.75, 3.05) is 13.1 Å². The number of amides is 1. The third-order valence-corrected chi connectivity index (χ3v) is 4.16. The quantitative estimate of drug-likeness (QED) is 0.833. The van der Waals surface area contributed by atoms with E-state index in [1.807, 2.05) is 4.90 Å². The second-order valence-electron chi connectivity index (χ2n) is 5.29. The van der Waals surface area contributed by atoms with Gasteiger partial charge in [0.05, 0.1) is 0 Å². The fraction of sp³-hybridized carbons (Fsp3) is 0.750. The first-order valence-corrected chi connectivity index (χ1v) is 7.00. The Balaban J connectivity index is 1.86. The van der Waals surface area contributed by atoms with Gasteiger partial charge in [-0.25, -0.2) is 0 Å². The van der Waals surface area contributed by atoms with Crippen LogP contribution in [0.3, 0.4) is 0 Å². The number of aromatic amines is 1. The van der Waals surface area contributed by atoms with E-state index in [0.29, 0.717) is 12.0 Å². The van der Waals surface area contributed by atoms with Crippen molar-refractivity contribution in [3.8, 4) is 0 Å². The van der Waals surface area contributed by atoms with Gasteiger partial charge in [0, 0.05) is 32.0 Å². The molecule has 3 rings (SSSR count). The molecule has 98 valence electrons. The highest BCUT2D eigenvalue weighted by Crippen LogP contribution is 2.38. The van der Waals surface area contributed by atoms with Crippen molar-refractivity contribution >= 4 is 18.1 Å². The second kappa shape index (κ2) is 4.50. The van der Waals surface area contributed by atoms with E-state index in [1.54, 1.807) is 6.92 Å². The first kappa shape index (κ1) is 11.9. The number of carbonyl (C=O) groups excluding carboxylic acids is 1. The molecule has 0 bridgehead atoms. The average molecular weight is 266 g/mol. The van der Waals surface area contributed by atoms with E-state index >= 15 is 0 Å². The van der Waals surface area contributed by atoms with Crippen LogP contribution in [-0.2, 0) is 4.79 Å². The molecule has 5 nitrogen and oxygen atoms in total. The van der Waals surface area contributed by atoms with Gasteiger partial charge < -0.3 is 9.47 Å². The Morgan fingerprint density at radius 2 is 2.22 bits per heavy atom. The van der Waals surface area contributed by atoms with E-state index in [1.165, 1.54) is 12.8 Å². The third kappa shape index (κ3) is 2.09. The molecule has 1 saturated carbocycles. The number of likely N-dealkylation sites (tertiary alicyclic amines) is 1. The average Bonchev–Trinajstić information content (AvgIpc) is 3.12. The van der Waals surface area contributed by atoms with Crippen molar-refractivity contribution in [2.45, 2.75) is 44.6 Å². The highest BCUT2D eigenvalue weighted by molar-refractivity contribution is 7.71. The van der Waals surface area contributed by atoms with Crippen molar-refractivity contribution in [1.82, 2.24) is 19.7 Å². The van der Waals surface area contributed by atoms with Crippen LogP contribution in [0.15, 0.2) is 0 Å². The second-order valence-corrected chi connectivity index (χ2v) is 5.68. The number of aromatic nitrogens is 3. The monoisotopic (exact) mass is 266 g/mol. The Labute approximate surface area is 111 Å². The molecule has 1 amide bonds. The number of rotatable bonds is 2. The summed E-state index contributed by atoms with van der Waals surface area (Å²) in [5.74, 6) is 1.54. The maximum Gasteiger partial charge on any atom is 0.219 e. The summed E-state index contributed by atoms with van der Waals surface area (Å²) in [6, 6.07) is 0.541. The third-order valence-electron chi connectivity index (χ3n) is 3.88. The smallest absolute Gasteiger partial charge is 0.219 e. The van der Waals surface area contributed by atoms with Crippen molar-refractivity contribution < 1.29 is 4.79 Å². The number of hydrogen-bond acceptors (Lipinski definition) is 3. The maximum absolute atomic E-state index is 11.5. The molecule has 1 aromatic rings. The van der Waals surface area contributed by atoms with Crippen LogP contribution in [0, 0.1) is 4.77 Å². The van der Waals surface area contributed by atoms with E-state index in [-0.39, 0.29) is 5.91 Å². The number of H-pyrrole nitrogens is 1. The van der Waals surface area contributed by atoms with Gasteiger partial charge in [0.2, 0.25) is 5.91 Å². The molecule has 0 spiro atoms. The summed E-state index contributed by atoms with van der Waals surface area (Å²) >= 11 is 5.30. The number of nitrogens with one attached hydrogen (secondary N) is 1. The normalized spacial score (nSPS) is 24.3. The Morgan fingerprint density at radius 1 is 1.44 bits per heavy atom. The van der Waals surface area contributed by atoms with Gasteiger partial charge >= 0.3 is 0 Å². The van der Waals surface area contributed by atoms with Gasteiger partial charge in [0.1, 0.15) is 5.82 Å². The van der Waals surface area contributed by atoms with Crippen LogP contribution in [0.4, 0.5) is 0 Å². The zero-order chi connectivity index (χ0) is 12.7. The highest BCUT2D eigenvalue weighted by atomic mass is 32.1. The zero-order valence-corrected chi connectivity index (χ0v) is 11.4. The lowest BCUT2D eigenvalue weighted by atomic mass is 9.97. The molecular formula is C12H18N4OS. The van der Waals surface area contributed by atoms with Gasteiger partial charge in [0.25, 0.3) is 0 Å². The summed E-state index contributed by atoms with van der Waals surface area (Å²) in [6.07, 6.45) is 4.54. The molecule has 1 unspecified atom stereocenters. The van der Waals surface area contributed by atoms with Crippen molar-refractivity contribution in [1.29, 1.82) is 0 Å². The molecule has 1 saturated heterocycles. The van der Waals surface area contributed by atoms with E-state index in [2.05, 4.69) is 14.8 Å². The molecular weight excluding hydrogens is 248 g/mol. The van der Waals surface area contributed by atoms with Crippen molar-refractivity contribution in [3.63, 3.8) is 0 Å². The van der Waals surface area contributed by atoms with Crippen LogP contribution in [0.1, 0.15) is 50.4 Å². The Bertz CT molecular complexity index is 516. The number of piperidine rings is 1. The van der Waals surface area contributed by atoms with E-state index in [4.69, 9.17) is 12.2 Å². The van der Waals surface area contributed by atoms with Gasteiger partial charge in [-0.15, -0.1) is 0 Å². The number of hydrogen-bond donors (Lipinski definition) is 1. The van der Waals surface area contributed by atoms with E-state index in [0.717, 1.165) is 36.5 Å². The molecule has 2 fully saturated rings. The summed E-state index contributed by atoms with van der Waals surface area (Å²) in [6.45, 7) is 3.29. The van der Waals surface area contributed by atoms with E-state index < -0.39 is 0 Å². The molecule has 1 aliphatic carbocycles. The lowest BCUT2D eigenvalue weighted by Gasteiger charge is -2.31. The fourth-order valence-electron chi connectivity index (χ4n) is 2.76. The Hall–Kier alpha value is -1.17. The molecule has 6 heteroatoms. The minimum atomic E-state index is 0.159. The summed E-state index contributed by atoms with van der Waals surface area (Å²) in [7, 11) is 0. The molecule has 2 heterocycles. The largest absolute Gasteiger partial charge is 0.342 e. The Kier molecular flexibility index (Phi) is 2.97. The summed E-state index contributed by atoms with van der Waals surface area (Å²) in [5.41, 5.74) is 0. The minimum absolute atomic E-state index is 0.159. The minimum Gasteiger partial charge on any atom is -0.342 e. The first-order chi connectivity index (χ1) is 8.66. The van der Waals surface area contributed by atoms with Crippen molar-refractivity contribution in [2.24, 2.45) is 0 Å². The lowest BCUT2D eigenvalue weighted by Crippen LogP contribution is -2.38. The molecule has 1 atom stereocenters. The van der Waals surface area contributed by atoms with Crippen LogP contribution in [0.5, 0.6) is 0 Å². The SMILES string of the molecule is CC(=O)N1CCCC(c2n[nH]c(=S)n2C2CC2)C1. The fourth-order valence-corrected chi connectivity index (χ4v) is 3.05. The molecule has 1 aliphatic heterocycles. The van der Waals surface area contributed by atoms with Crippen LogP contribution in [0.2, 0.25) is 0 Å². The topological polar surface area (TPSA) is 53.9 Å². The molecule has 18 heavy (non-hydrogen) atoms. The van der Waals surface area contributed by atoms with Crippen LogP contribution in [-0.4, -0.2) is 38.7 Å². The van der Waals surface area contributed by atoms with Crippen LogP contribution < -0.4 is 0 Å². The number of nitrogens with zero attached hydrogens (tertiary/aromatic N) is 3.